The Morgan fingerprint density at radius 3 is 2.83 bits per heavy atom. The van der Waals surface area contributed by atoms with Gasteiger partial charge >= 0.3 is 0 Å². The van der Waals surface area contributed by atoms with E-state index in [4.69, 9.17) is 11.6 Å². The maximum absolute atomic E-state index is 12.0. The van der Waals surface area contributed by atoms with Crippen LogP contribution in [0, 0.1) is 0 Å². The van der Waals surface area contributed by atoms with Crippen LogP contribution in [0.2, 0.25) is 5.02 Å². The number of aromatic nitrogens is 3. The highest BCUT2D eigenvalue weighted by atomic mass is 35.5. The molecule has 2 aromatic rings. The number of aryl methyl sites for hydroxylation is 1. The fourth-order valence-corrected chi connectivity index (χ4v) is 1.61. The van der Waals surface area contributed by atoms with Crippen LogP contribution in [0.15, 0.2) is 24.5 Å². The van der Waals surface area contributed by atoms with Crippen molar-refractivity contribution in [3.63, 3.8) is 0 Å². The zero-order valence-corrected chi connectivity index (χ0v) is 10.7. The minimum absolute atomic E-state index is 0.173. The van der Waals surface area contributed by atoms with Crippen LogP contribution in [0.5, 0.6) is 0 Å². The average molecular weight is 266 g/mol. The van der Waals surface area contributed by atoms with Gasteiger partial charge in [0, 0.05) is 20.3 Å². The van der Waals surface area contributed by atoms with Gasteiger partial charge in [0.05, 0.1) is 16.9 Å². The topological polar surface area (TPSA) is 71.8 Å². The lowest BCUT2D eigenvalue weighted by molar-refractivity contribution is 0.102. The molecule has 0 unspecified atom stereocenters. The number of carbonyl (C=O) groups is 1. The third-order valence-corrected chi connectivity index (χ3v) is 2.58. The molecule has 2 heterocycles. The number of nitrogens with zero attached hydrogens (tertiary/aromatic N) is 3. The van der Waals surface area contributed by atoms with E-state index in [1.165, 1.54) is 0 Å². The SMILES string of the molecule is CNc1ccc(Cl)c(C(=O)Nc2cnn(C)c2)n1. The number of carbonyl (C=O) groups excluding carboxylic acids is 1. The molecule has 0 radical (unpaired) electrons. The van der Waals surface area contributed by atoms with E-state index in [2.05, 4.69) is 20.7 Å². The second kappa shape index (κ2) is 5.05. The summed E-state index contributed by atoms with van der Waals surface area (Å²) in [4.78, 5) is 16.1. The van der Waals surface area contributed by atoms with Gasteiger partial charge in [-0.3, -0.25) is 9.48 Å². The first kappa shape index (κ1) is 12.4. The Bertz CT molecular complexity index is 581. The molecule has 0 aromatic carbocycles. The molecular formula is C11H12ClN5O. The van der Waals surface area contributed by atoms with Crippen molar-refractivity contribution in [3.05, 3.63) is 35.2 Å². The molecule has 0 saturated heterocycles. The summed E-state index contributed by atoms with van der Waals surface area (Å²) in [7, 11) is 3.49. The molecule has 0 saturated carbocycles. The van der Waals surface area contributed by atoms with E-state index in [9.17, 15) is 4.79 Å². The lowest BCUT2D eigenvalue weighted by atomic mass is 10.3. The number of halogens is 1. The molecule has 0 bridgehead atoms. The maximum Gasteiger partial charge on any atom is 0.275 e. The molecule has 0 fully saturated rings. The molecule has 18 heavy (non-hydrogen) atoms. The van der Waals surface area contributed by atoms with Gasteiger partial charge in [0.2, 0.25) is 0 Å². The van der Waals surface area contributed by atoms with E-state index in [0.29, 0.717) is 16.5 Å². The first-order valence-electron chi connectivity index (χ1n) is 5.24. The summed E-state index contributed by atoms with van der Waals surface area (Å²) in [6.07, 6.45) is 3.24. The molecular weight excluding hydrogens is 254 g/mol. The molecule has 2 aromatic heterocycles. The Kier molecular flexibility index (Phi) is 3.47. The number of pyridine rings is 1. The monoisotopic (exact) mass is 265 g/mol. The third-order valence-electron chi connectivity index (χ3n) is 2.28. The van der Waals surface area contributed by atoms with E-state index in [1.54, 1.807) is 43.3 Å². The van der Waals surface area contributed by atoms with Crippen molar-refractivity contribution in [1.29, 1.82) is 0 Å². The molecule has 0 aliphatic heterocycles. The molecule has 2 rings (SSSR count). The van der Waals surface area contributed by atoms with Gasteiger partial charge in [0.25, 0.3) is 5.91 Å². The van der Waals surface area contributed by atoms with Crippen LogP contribution < -0.4 is 10.6 Å². The molecule has 0 spiro atoms. The highest BCUT2D eigenvalue weighted by molar-refractivity contribution is 6.34. The van der Waals surface area contributed by atoms with Crippen LogP contribution >= 0.6 is 11.6 Å². The Balaban J connectivity index is 2.23. The normalized spacial score (nSPS) is 10.2. The first-order chi connectivity index (χ1) is 8.60. The van der Waals surface area contributed by atoms with Gasteiger partial charge < -0.3 is 10.6 Å². The number of hydrogen-bond donors (Lipinski definition) is 2. The van der Waals surface area contributed by atoms with Crippen molar-refractivity contribution >= 4 is 29.0 Å². The minimum atomic E-state index is -0.370. The van der Waals surface area contributed by atoms with E-state index in [0.717, 1.165) is 0 Å². The number of nitrogens with one attached hydrogen (secondary N) is 2. The van der Waals surface area contributed by atoms with Crippen molar-refractivity contribution in [2.75, 3.05) is 17.7 Å². The van der Waals surface area contributed by atoms with E-state index in [-0.39, 0.29) is 11.6 Å². The Morgan fingerprint density at radius 1 is 1.44 bits per heavy atom. The van der Waals surface area contributed by atoms with Crippen LogP contribution in [0.1, 0.15) is 10.5 Å². The van der Waals surface area contributed by atoms with Crippen LogP contribution in [0.4, 0.5) is 11.5 Å². The molecule has 0 atom stereocenters. The summed E-state index contributed by atoms with van der Waals surface area (Å²) in [6, 6.07) is 3.32. The quantitative estimate of drug-likeness (QED) is 0.887. The molecule has 94 valence electrons. The second-order valence-corrected chi connectivity index (χ2v) is 4.04. The molecule has 1 amide bonds. The van der Waals surface area contributed by atoms with E-state index >= 15 is 0 Å². The van der Waals surface area contributed by atoms with Crippen molar-refractivity contribution in [2.45, 2.75) is 0 Å². The van der Waals surface area contributed by atoms with Crippen LogP contribution in [-0.4, -0.2) is 27.7 Å². The molecule has 2 N–H and O–H groups in total. The number of rotatable bonds is 3. The molecule has 7 heteroatoms. The van der Waals surface area contributed by atoms with Crippen LogP contribution in [0.3, 0.4) is 0 Å². The van der Waals surface area contributed by atoms with Gasteiger partial charge in [-0.25, -0.2) is 4.98 Å². The summed E-state index contributed by atoms with van der Waals surface area (Å²) in [5, 5.41) is 9.78. The van der Waals surface area contributed by atoms with E-state index in [1.807, 2.05) is 0 Å². The lowest BCUT2D eigenvalue weighted by Crippen LogP contribution is -2.14. The fourth-order valence-electron chi connectivity index (χ4n) is 1.42. The van der Waals surface area contributed by atoms with Gasteiger partial charge in [0.1, 0.15) is 11.5 Å². The smallest absolute Gasteiger partial charge is 0.275 e. The van der Waals surface area contributed by atoms with Crippen LogP contribution in [-0.2, 0) is 7.05 Å². The average Bonchev–Trinajstić information content (AvgIpc) is 2.75. The van der Waals surface area contributed by atoms with Crippen molar-refractivity contribution in [3.8, 4) is 0 Å². The maximum atomic E-state index is 12.0. The summed E-state index contributed by atoms with van der Waals surface area (Å²) in [6.45, 7) is 0. The van der Waals surface area contributed by atoms with Gasteiger partial charge in [-0.2, -0.15) is 5.10 Å². The fraction of sp³-hybridized carbons (Fsp3) is 0.182. The molecule has 6 nitrogen and oxygen atoms in total. The predicted octanol–water partition coefficient (Wildman–Crippen LogP) is 1.76. The van der Waals surface area contributed by atoms with Gasteiger partial charge in [-0.05, 0) is 12.1 Å². The Hall–Kier alpha value is -2.08. The third kappa shape index (κ3) is 2.60. The zero-order valence-electron chi connectivity index (χ0n) is 9.94. The van der Waals surface area contributed by atoms with Crippen molar-refractivity contribution in [1.82, 2.24) is 14.8 Å². The summed E-state index contributed by atoms with van der Waals surface area (Å²) < 4.78 is 1.59. The molecule has 0 aliphatic rings. The highest BCUT2D eigenvalue weighted by Gasteiger charge is 2.13. The second-order valence-electron chi connectivity index (χ2n) is 3.63. The summed E-state index contributed by atoms with van der Waals surface area (Å²) in [5.41, 5.74) is 0.766. The number of hydrogen-bond acceptors (Lipinski definition) is 4. The minimum Gasteiger partial charge on any atom is -0.373 e. The zero-order chi connectivity index (χ0) is 13.1. The van der Waals surface area contributed by atoms with Crippen molar-refractivity contribution in [2.24, 2.45) is 7.05 Å². The van der Waals surface area contributed by atoms with Crippen LogP contribution in [0.25, 0.3) is 0 Å². The first-order valence-corrected chi connectivity index (χ1v) is 5.62. The number of anilines is 2. The highest BCUT2D eigenvalue weighted by Crippen LogP contribution is 2.18. The van der Waals surface area contributed by atoms with Gasteiger partial charge in [-0.1, -0.05) is 11.6 Å². The summed E-state index contributed by atoms with van der Waals surface area (Å²) >= 11 is 5.95. The predicted molar refractivity (Wildman–Crippen MR) is 70.0 cm³/mol. The Morgan fingerprint density at radius 2 is 2.22 bits per heavy atom. The van der Waals surface area contributed by atoms with Crippen molar-refractivity contribution < 1.29 is 4.79 Å². The van der Waals surface area contributed by atoms with E-state index < -0.39 is 0 Å². The lowest BCUT2D eigenvalue weighted by Gasteiger charge is -2.06. The summed E-state index contributed by atoms with van der Waals surface area (Å²) in [5.74, 6) is 0.209. The Labute approximate surface area is 109 Å². The standard InChI is InChI=1S/C11H12ClN5O/c1-13-9-4-3-8(12)10(16-9)11(18)15-7-5-14-17(2)6-7/h3-6H,1-2H3,(H,13,16)(H,15,18). The largest absolute Gasteiger partial charge is 0.373 e. The van der Waals surface area contributed by atoms with Gasteiger partial charge in [0.15, 0.2) is 0 Å². The number of amides is 1. The van der Waals surface area contributed by atoms with Gasteiger partial charge in [-0.15, -0.1) is 0 Å². The molecule has 0 aliphatic carbocycles.